The van der Waals surface area contributed by atoms with Crippen LogP contribution in [0.15, 0.2) is 46.9 Å². The molecule has 0 spiro atoms. The lowest BCUT2D eigenvalue weighted by molar-refractivity contribution is -0.168. The third-order valence-electron chi connectivity index (χ3n) is 5.19. The van der Waals surface area contributed by atoms with Crippen LogP contribution in [-0.2, 0) is 9.59 Å². The molecule has 0 radical (unpaired) electrons. The van der Waals surface area contributed by atoms with Crippen LogP contribution in [0.1, 0.15) is 56.5 Å². The Hall–Kier alpha value is -3.13. The summed E-state index contributed by atoms with van der Waals surface area (Å²) in [6.07, 6.45) is 4.03. The molecule has 8 nitrogen and oxygen atoms in total. The van der Waals surface area contributed by atoms with Gasteiger partial charge in [-0.2, -0.15) is 0 Å². The van der Waals surface area contributed by atoms with Crippen LogP contribution in [0.3, 0.4) is 0 Å². The number of carbonyl (C=O) groups is 3. The summed E-state index contributed by atoms with van der Waals surface area (Å²) in [6, 6.07) is 12.1. The summed E-state index contributed by atoms with van der Waals surface area (Å²) in [4.78, 5) is 36.1. The number of carbonyl (C=O) groups excluding carboxylic acids is 3. The summed E-state index contributed by atoms with van der Waals surface area (Å²) in [7, 11) is 0. The number of benzene rings is 1. The maximum absolute atomic E-state index is 12.7. The van der Waals surface area contributed by atoms with Gasteiger partial charge in [0.2, 0.25) is 12.3 Å². The van der Waals surface area contributed by atoms with Crippen molar-refractivity contribution in [1.29, 1.82) is 0 Å². The summed E-state index contributed by atoms with van der Waals surface area (Å²) in [5.74, 6) is -0.630. The lowest BCUT2D eigenvalue weighted by Gasteiger charge is -2.29. The average Bonchev–Trinajstić information content (AvgIpc) is 3.29. The van der Waals surface area contributed by atoms with E-state index in [1.165, 1.54) is 0 Å². The molecule has 2 aromatic rings. The molecule has 1 unspecified atom stereocenters. The van der Waals surface area contributed by atoms with E-state index in [2.05, 4.69) is 17.6 Å². The Balaban J connectivity index is 1.93. The molecule has 3 amide bonds. The van der Waals surface area contributed by atoms with Crippen LogP contribution < -0.4 is 10.6 Å². The van der Waals surface area contributed by atoms with Gasteiger partial charge in [-0.05, 0) is 25.0 Å². The molecular weight excluding hydrogens is 398 g/mol. The molecule has 2 rings (SSSR count). The topological polar surface area (TPSA) is 112 Å². The largest absolute Gasteiger partial charge is 0.451 e. The minimum atomic E-state index is -0.622. The predicted octanol–water partition coefficient (Wildman–Crippen LogP) is 3.57. The number of amides is 3. The van der Waals surface area contributed by atoms with Crippen molar-refractivity contribution in [3.05, 3.63) is 48.2 Å². The van der Waals surface area contributed by atoms with Gasteiger partial charge in [0.05, 0.1) is 18.6 Å². The molecule has 1 aromatic heterocycles. The van der Waals surface area contributed by atoms with Crippen LogP contribution in [0, 0.1) is 5.92 Å². The van der Waals surface area contributed by atoms with Crippen LogP contribution in [0.4, 0.5) is 0 Å². The summed E-state index contributed by atoms with van der Waals surface area (Å²) >= 11 is 0. The lowest BCUT2D eigenvalue weighted by atomic mass is 9.90. The fourth-order valence-electron chi connectivity index (χ4n) is 3.49. The van der Waals surface area contributed by atoms with Crippen molar-refractivity contribution in [1.82, 2.24) is 15.7 Å². The molecule has 0 saturated carbocycles. The maximum atomic E-state index is 12.7. The van der Waals surface area contributed by atoms with Crippen molar-refractivity contribution < 1.29 is 24.0 Å². The fourth-order valence-corrected chi connectivity index (χ4v) is 3.49. The summed E-state index contributed by atoms with van der Waals surface area (Å²) in [5, 5.41) is 15.7. The smallest absolute Gasteiger partial charge is 0.288 e. The SMILES string of the molecule is CCCCCC(C(=O)NCNC(=O)c1ccc(-c2ccccc2)o1)[C@@H](CC)N(O)C=O. The van der Waals surface area contributed by atoms with Crippen molar-refractivity contribution in [3.63, 3.8) is 0 Å². The Morgan fingerprint density at radius 3 is 2.48 bits per heavy atom. The zero-order valence-electron chi connectivity index (χ0n) is 18.0. The molecule has 168 valence electrons. The Kier molecular flexibility index (Phi) is 9.77. The van der Waals surface area contributed by atoms with E-state index in [1.54, 1.807) is 19.1 Å². The Labute approximate surface area is 182 Å². The highest BCUT2D eigenvalue weighted by molar-refractivity contribution is 5.92. The zero-order valence-corrected chi connectivity index (χ0v) is 18.0. The number of hydrogen-bond acceptors (Lipinski definition) is 5. The van der Waals surface area contributed by atoms with Crippen LogP contribution in [0.2, 0.25) is 0 Å². The first kappa shape index (κ1) is 24.1. The van der Waals surface area contributed by atoms with Crippen LogP contribution >= 0.6 is 0 Å². The average molecular weight is 430 g/mol. The van der Waals surface area contributed by atoms with Gasteiger partial charge in [0.1, 0.15) is 5.76 Å². The lowest BCUT2D eigenvalue weighted by Crippen LogP contribution is -2.47. The van der Waals surface area contributed by atoms with Gasteiger partial charge in [-0.15, -0.1) is 0 Å². The first-order valence-electron chi connectivity index (χ1n) is 10.6. The van der Waals surface area contributed by atoms with E-state index in [0.717, 1.165) is 24.8 Å². The standard InChI is InChI=1S/C23H31N3O5/c1-3-5-7-12-18(19(4-2)26(30)16-27)22(28)24-15-25-23(29)21-14-13-20(31-21)17-10-8-6-9-11-17/h6,8-11,13-14,16,18-19,30H,3-5,7,12,15H2,1-2H3,(H,24,28)(H,25,29)/t18?,19-/m1/s1. The monoisotopic (exact) mass is 429 g/mol. The second-order valence-electron chi connectivity index (χ2n) is 7.32. The molecule has 0 bridgehead atoms. The van der Waals surface area contributed by atoms with Crippen LogP contribution in [0.5, 0.6) is 0 Å². The van der Waals surface area contributed by atoms with Crippen molar-refractivity contribution in [3.8, 4) is 11.3 Å². The second kappa shape index (κ2) is 12.5. The molecule has 0 aliphatic rings. The van der Waals surface area contributed by atoms with Crippen molar-refractivity contribution in [2.24, 2.45) is 5.92 Å². The fraction of sp³-hybridized carbons (Fsp3) is 0.435. The number of hydrogen-bond donors (Lipinski definition) is 3. The molecule has 0 fully saturated rings. The number of furan rings is 1. The van der Waals surface area contributed by atoms with Gasteiger partial charge in [-0.3, -0.25) is 19.6 Å². The van der Waals surface area contributed by atoms with Gasteiger partial charge >= 0.3 is 0 Å². The van der Waals surface area contributed by atoms with E-state index in [1.807, 2.05) is 30.3 Å². The van der Waals surface area contributed by atoms with Crippen LogP contribution in [-0.4, -0.2) is 41.2 Å². The first-order valence-corrected chi connectivity index (χ1v) is 10.6. The van der Waals surface area contributed by atoms with Crippen molar-refractivity contribution in [2.45, 2.75) is 52.0 Å². The number of rotatable bonds is 13. The third kappa shape index (κ3) is 6.96. The minimum absolute atomic E-state index is 0.0910. The van der Waals surface area contributed by atoms with Crippen molar-refractivity contribution >= 4 is 18.2 Å². The van der Waals surface area contributed by atoms with E-state index in [9.17, 15) is 19.6 Å². The molecule has 1 aromatic carbocycles. The highest BCUT2D eigenvalue weighted by Crippen LogP contribution is 2.22. The highest BCUT2D eigenvalue weighted by atomic mass is 16.5. The third-order valence-corrected chi connectivity index (χ3v) is 5.19. The molecule has 1 heterocycles. The molecule has 31 heavy (non-hydrogen) atoms. The van der Waals surface area contributed by atoms with E-state index < -0.39 is 17.9 Å². The summed E-state index contributed by atoms with van der Waals surface area (Å²) in [6.45, 7) is 3.77. The van der Waals surface area contributed by atoms with Gasteiger partial charge in [-0.25, -0.2) is 5.06 Å². The Morgan fingerprint density at radius 1 is 1.10 bits per heavy atom. The van der Waals surface area contributed by atoms with Crippen LogP contribution in [0.25, 0.3) is 11.3 Å². The number of unbranched alkanes of at least 4 members (excludes halogenated alkanes) is 2. The van der Waals surface area contributed by atoms with E-state index in [4.69, 9.17) is 4.42 Å². The van der Waals surface area contributed by atoms with Gasteiger partial charge in [0.15, 0.2) is 5.76 Å². The quantitative estimate of drug-likeness (QED) is 0.148. The molecule has 0 aliphatic heterocycles. The van der Waals surface area contributed by atoms with Gasteiger partial charge < -0.3 is 15.1 Å². The Bertz CT molecular complexity index is 837. The molecular formula is C23H31N3O5. The van der Waals surface area contributed by atoms with E-state index in [-0.39, 0.29) is 18.3 Å². The maximum Gasteiger partial charge on any atom is 0.288 e. The highest BCUT2D eigenvalue weighted by Gasteiger charge is 2.30. The molecule has 0 saturated heterocycles. The molecule has 8 heteroatoms. The minimum Gasteiger partial charge on any atom is -0.451 e. The number of nitrogens with zero attached hydrogens (tertiary/aromatic N) is 1. The van der Waals surface area contributed by atoms with Crippen molar-refractivity contribution in [2.75, 3.05) is 6.67 Å². The van der Waals surface area contributed by atoms with E-state index in [0.29, 0.717) is 30.1 Å². The number of nitrogens with one attached hydrogen (secondary N) is 2. The molecule has 0 aliphatic carbocycles. The van der Waals surface area contributed by atoms with Gasteiger partial charge in [0.25, 0.3) is 5.91 Å². The second-order valence-corrected chi connectivity index (χ2v) is 7.32. The Morgan fingerprint density at radius 2 is 1.84 bits per heavy atom. The normalized spacial score (nSPS) is 12.6. The van der Waals surface area contributed by atoms with E-state index >= 15 is 0 Å². The number of hydroxylamine groups is 2. The summed E-state index contributed by atoms with van der Waals surface area (Å²) < 4.78 is 5.60. The first-order chi connectivity index (χ1) is 15.0. The zero-order chi connectivity index (χ0) is 22.6. The molecule has 2 atom stereocenters. The van der Waals surface area contributed by atoms with Gasteiger partial charge in [-0.1, -0.05) is 63.4 Å². The summed E-state index contributed by atoms with van der Waals surface area (Å²) in [5.41, 5.74) is 0.860. The molecule has 3 N–H and O–H groups in total. The van der Waals surface area contributed by atoms with Gasteiger partial charge in [0, 0.05) is 5.56 Å². The predicted molar refractivity (Wildman–Crippen MR) is 116 cm³/mol.